The van der Waals surface area contributed by atoms with E-state index in [9.17, 15) is 24.0 Å². The van der Waals surface area contributed by atoms with Gasteiger partial charge in [0.15, 0.2) is 0 Å². The third-order valence-electron chi connectivity index (χ3n) is 11.0. The molecule has 5 amide bonds. The summed E-state index contributed by atoms with van der Waals surface area (Å²) in [6.07, 6.45) is 9.07. The van der Waals surface area contributed by atoms with Crippen molar-refractivity contribution in [2.75, 3.05) is 53.3 Å². The number of ether oxygens (including phenoxy) is 2. The first-order chi connectivity index (χ1) is 27.0. The Kier molecular flexibility index (Phi) is 13.0. The number of anilines is 1. The first kappa shape index (κ1) is 40.3. The number of unbranched alkanes of at least 4 members (excludes halogenated alkanes) is 5. The molecule has 3 aromatic rings. The fraction of sp³-hybridized carbons (Fsp3) is 0.500. The number of aromatic nitrogens is 1. The number of carbonyl (C=O) groups excluding carboxylic acids is 4. The number of hydrogen-bond donors (Lipinski definition) is 3. The van der Waals surface area contributed by atoms with Crippen LogP contribution in [0.4, 0.5) is 10.5 Å². The van der Waals surface area contributed by atoms with Gasteiger partial charge in [0.1, 0.15) is 17.5 Å². The van der Waals surface area contributed by atoms with Crippen molar-refractivity contribution in [2.45, 2.75) is 83.5 Å². The smallest absolute Gasteiger partial charge is 0.317 e. The summed E-state index contributed by atoms with van der Waals surface area (Å²) < 4.78 is 13.1. The number of amides is 5. The van der Waals surface area contributed by atoms with Crippen molar-refractivity contribution in [1.29, 1.82) is 0 Å². The highest BCUT2D eigenvalue weighted by atomic mass is 16.5. The minimum Gasteiger partial charge on any atom is -0.496 e. The Bertz CT molecular complexity index is 2000. The molecule has 1 saturated heterocycles. The highest BCUT2D eigenvalue weighted by Gasteiger charge is 2.40. The summed E-state index contributed by atoms with van der Waals surface area (Å²) in [7, 11) is 9.03. The van der Waals surface area contributed by atoms with E-state index in [1.54, 1.807) is 41.7 Å². The second-order valence-corrected chi connectivity index (χ2v) is 15.2. The molecule has 3 aliphatic heterocycles. The van der Waals surface area contributed by atoms with Gasteiger partial charge >= 0.3 is 6.03 Å². The normalized spacial score (nSPS) is 16.5. The number of rotatable bonds is 16. The number of nitrogens with zero attached hydrogens (tertiary/aromatic N) is 4. The number of pyridine rings is 1. The van der Waals surface area contributed by atoms with Crippen LogP contribution >= 0.6 is 0 Å². The predicted molar refractivity (Wildman–Crippen MR) is 214 cm³/mol. The number of aryl methyl sites for hydroxylation is 1. The van der Waals surface area contributed by atoms with E-state index in [1.165, 1.54) is 0 Å². The zero-order chi connectivity index (χ0) is 39.9. The number of fused-ring (bicyclic) bond motifs is 2. The molecule has 1 atom stereocenters. The van der Waals surface area contributed by atoms with Crippen LogP contribution in [0.2, 0.25) is 0 Å². The number of hydrogen-bond acceptors (Lipinski definition) is 9. The van der Waals surface area contributed by atoms with Gasteiger partial charge in [0.2, 0.25) is 11.8 Å². The predicted octanol–water partition coefficient (Wildman–Crippen LogP) is 4.41. The molecular weight excluding hydrogens is 715 g/mol. The summed E-state index contributed by atoms with van der Waals surface area (Å²) >= 11 is 0. The first-order valence-electron chi connectivity index (χ1n) is 19.6. The number of carbonyl (C=O) groups is 4. The van der Waals surface area contributed by atoms with E-state index in [-0.39, 0.29) is 36.4 Å². The third-order valence-corrected chi connectivity index (χ3v) is 11.0. The minimum atomic E-state index is -0.626. The van der Waals surface area contributed by atoms with Gasteiger partial charge in [0.05, 0.1) is 26.3 Å². The molecule has 300 valence electrons. The first-order valence-corrected chi connectivity index (χ1v) is 19.6. The van der Waals surface area contributed by atoms with Gasteiger partial charge in [0.25, 0.3) is 11.5 Å². The summed E-state index contributed by atoms with van der Waals surface area (Å²) in [4.78, 5) is 69.0. The van der Waals surface area contributed by atoms with Crippen LogP contribution in [0.5, 0.6) is 11.5 Å². The number of methoxy groups -OCH3 is 2. The summed E-state index contributed by atoms with van der Waals surface area (Å²) in [5.74, 6) is 0.571. The van der Waals surface area contributed by atoms with Gasteiger partial charge in [-0.15, -0.1) is 0 Å². The summed E-state index contributed by atoms with van der Waals surface area (Å²) in [5, 5.41) is 8.90. The molecule has 1 aromatic heterocycles. The minimum absolute atomic E-state index is 0.0983. The Balaban J connectivity index is 0.923. The summed E-state index contributed by atoms with van der Waals surface area (Å²) in [5.41, 5.74) is 6.69. The standard InChI is InChI=1S/C42H55N7O7/c1-46(2)23-33-36(55-4)21-27(22-37(33)56-5)30-24-47(3)40(52)32-25-48(20-17-28(30)32)42(54)44-19-11-9-7-6-8-10-18-43-34-14-12-13-29-31(34)26-49(41(29)53)35-15-16-38(50)45-39(35)51/h12-14,21-22,24,35,43H,6-11,15-20,23,25-26H2,1-5H3,(H,44,54)(H,45,50,51). The lowest BCUT2D eigenvalue weighted by molar-refractivity contribution is -0.136. The summed E-state index contributed by atoms with van der Waals surface area (Å²) in [6.45, 7) is 3.12. The molecule has 0 spiro atoms. The van der Waals surface area contributed by atoms with E-state index in [4.69, 9.17) is 9.47 Å². The van der Waals surface area contributed by atoms with E-state index in [0.29, 0.717) is 50.1 Å². The molecule has 3 aliphatic rings. The maximum absolute atomic E-state index is 13.3. The number of nitrogens with one attached hydrogen (secondary N) is 3. The van der Waals surface area contributed by atoms with Crippen LogP contribution in [-0.2, 0) is 42.7 Å². The van der Waals surface area contributed by atoms with Crippen molar-refractivity contribution < 1.29 is 28.7 Å². The van der Waals surface area contributed by atoms with Crippen LogP contribution in [-0.4, -0.2) is 97.0 Å². The van der Waals surface area contributed by atoms with Crippen molar-refractivity contribution in [2.24, 2.45) is 7.05 Å². The van der Waals surface area contributed by atoms with Gasteiger partial charge in [-0.3, -0.25) is 24.5 Å². The fourth-order valence-corrected chi connectivity index (χ4v) is 8.07. The average Bonchev–Trinajstić information content (AvgIpc) is 3.52. The van der Waals surface area contributed by atoms with Gasteiger partial charge in [0, 0.05) is 80.3 Å². The van der Waals surface area contributed by atoms with Crippen molar-refractivity contribution in [3.63, 3.8) is 0 Å². The topological polar surface area (TPSA) is 155 Å². The monoisotopic (exact) mass is 769 g/mol. The van der Waals surface area contributed by atoms with Crippen molar-refractivity contribution in [1.82, 2.24) is 29.9 Å². The molecule has 0 saturated carbocycles. The Hall–Kier alpha value is -5.37. The molecule has 1 fully saturated rings. The highest BCUT2D eigenvalue weighted by Crippen LogP contribution is 2.38. The van der Waals surface area contributed by atoms with E-state index in [1.807, 2.05) is 44.6 Å². The second-order valence-electron chi connectivity index (χ2n) is 15.2. The summed E-state index contributed by atoms with van der Waals surface area (Å²) in [6, 6.07) is 8.84. The molecule has 0 bridgehead atoms. The third kappa shape index (κ3) is 8.85. The number of piperidine rings is 1. The molecule has 1 unspecified atom stereocenters. The Morgan fingerprint density at radius 1 is 0.875 bits per heavy atom. The Labute approximate surface area is 328 Å². The molecular formula is C42H55N7O7. The van der Waals surface area contributed by atoms with Gasteiger partial charge in [-0.25, -0.2) is 4.79 Å². The largest absolute Gasteiger partial charge is 0.496 e. The number of imide groups is 1. The van der Waals surface area contributed by atoms with Gasteiger partial charge in [-0.2, -0.15) is 0 Å². The molecule has 0 radical (unpaired) electrons. The van der Waals surface area contributed by atoms with Gasteiger partial charge in [-0.1, -0.05) is 31.7 Å². The maximum atomic E-state index is 13.3. The van der Waals surface area contributed by atoms with E-state index < -0.39 is 11.9 Å². The zero-order valence-corrected chi connectivity index (χ0v) is 33.3. The molecule has 14 heteroatoms. The molecule has 4 heterocycles. The van der Waals surface area contributed by atoms with Crippen molar-refractivity contribution >= 4 is 29.4 Å². The van der Waals surface area contributed by atoms with Crippen LogP contribution < -0.4 is 31.0 Å². The molecule has 2 aromatic carbocycles. The Morgan fingerprint density at radius 3 is 2.25 bits per heavy atom. The average molecular weight is 770 g/mol. The van der Waals surface area contributed by atoms with E-state index in [0.717, 1.165) is 90.1 Å². The van der Waals surface area contributed by atoms with Crippen LogP contribution in [0.3, 0.4) is 0 Å². The lowest BCUT2D eigenvalue weighted by Crippen LogP contribution is -2.52. The van der Waals surface area contributed by atoms with Gasteiger partial charge in [-0.05, 0) is 75.2 Å². The molecule has 56 heavy (non-hydrogen) atoms. The quantitative estimate of drug-likeness (QED) is 0.142. The Morgan fingerprint density at radius 2 is 1.57 bits per heavy atom. The number of urea groups is 1. The van der Waals surface area contributed by atoms with E-state index >= 15 is 0 Å². The van der Waals surface area contributed by atoms with Crippen LogP contribution in [0, 0.1) is 0 Å². The molecule has 3 N–H and O–H groups in total. The molecule has 0 aliphatic carbocycles. The number of benzene rings is 2. The van der Waals surface area contributed by atoms with Crippen LogP contribution in [0.1, 0.15) is 84.0 Å². The molecule has 6 rings (SSSR count). The van der Waals surface area contributed by atoms with Gasteiger partial charge < -0.3 is 39.4 Å². The van der Waals surface area contributed by atoms with E-state index in [2.05, 4.69) is 20.9 Å². The molecule has 14 nitrogen and oxygen atoms in total. The SMILES string of the molecule is COc1cc(-c2cn(C)c(=O)c3c2CCN(C(=O)NCCCCCCCCNc2cccc4c2CN(C2CCC(=O)NC2=O)C4=O)C3)cc(OC)c1CN(C)C. The van der Waals surface area contributed by atoms with Crippen molar-refractivity contribution in [3.05, 3.63) is 74.7 Å². The fourth-order valence-electron chi connectivity index (χ4n) is 8.07. The van der Waals surface area contributed by atoms with Crippen LogP contribution in [0.25, 0.3) is 11.1 Å². The van der Waals surface area contributed by atoms with Crippen LogP contribution in [0.15, 0.2) is 41.3 Å². The maximum Gasteiger partial charge on any atom is 0.317 e. The van der Waals surface area contributed by atoms with Crippen molar-refractivity contribution in [3.8, 4) is 22.6 Å². The zero-order valence-electron chi connectivity index (χ0n) is 33.3. The second kappa shape index (κ2) is 18.1. The highest BCUT2D eigenvalue weighted by molar-refractivity contribution is 6.06. The lowest BCUT2D eigenvalue weighted by Gasteiger charge is -2.30. The lowest BCUT2D eigenvalue weighted by atomic mass is 9.91.